The second-order valence-electron chi connectivity index (χ2n) is 0.761. The maximum atomic E-state index is 3.46. The summed E-state index contributed by atoms with van der Waals surface area (Å²) in [6.45, 7) is 5.42. The minimum absolute atomic E-state index is 0. The average Bonchev–Trinajstić information content (AvgIpc) is 1.41. The van der Waals surface area contributed by atoms with Gasteiger partial charge in [-0.15, -0.1) is 0 Å². The molecule has 0 rings (SSSR count). The molecule has 3 N–H and O–H groups in total. The van der Waals surface area contributed by atoms with Crippen molar-refractivity contribution in [3.8, 4) is 0 Å². The Balaban J connectivity index is 0. The quantitative estimate of drug-likeness (QED) is 0.485. The molecule has 0 unspecified atom stereocenters. The second kappa shape index (κ2) is 8.83. The van der Waals surface area contributed by atoms with Crippen LogP contribution in [0.4, 0.5) is 0 Å². The molecule has 1 heteroatoms. The molecule has 0 aliphatic rings. The van der Waals surface area contributed by atoms with Crippen molar-refractivity contribution in [3.05, 3.63) is 24.8 Å². The van der Waals surface area contributed by atoms with Gasteiger partial charge in [-0.05, 0) is 6.92 Å². The van der Waals surface area contributed by atoms with E-state index in [0.717, 1.165) is 0 Å². The van der Waals surface area contributed by atoms with Crippen LogP contribution in [0.5, 0.6) is 0 Å². The van der Waals surface area contributed by atoms with Gasteiger partial charge in [-0.25, -0.2) is 0 Å². The lowest BCUT2D eigenvalue weighted by atomic mass is 10.5. The van der Waals surface area contributed by atoms with Crippen LogP contribution in [0.15, 0.2) is 24.8 Å². The lowest BCUT2D eigenvalue weighted by molar-refractivity contribution is 1.74. The van der Waals surface area contributed by atoms with Gasteiger partial charge in [0.15, 0.2) is 0 Å². The van der Waals surface area contributed by atoms with Crippen LogP contribution in [0.25, 0.3) is 0 Å². The minimum atomic E-state index is 0. The first-order valence-electron chi connectivity index (χ1n) is 1.65. The molecule has 0 saturated carbocycles. The van der Waals surface area contributed by atoms with E-state index in [1.807, 2.05) is 19.1 Å². The monoisotopic (exact) mass is 85.1 g/mol. The van der Waals surface area contributed by atoms with Crippen LogP contribution in [0.3, 0.4) is 0 Å². The van der Waals surface area contributed by atoms with Gasteiger partial charge < -0.3 is 6.15 Å². The highest BCUT2D eigenvalue weighted by Gasteiger charge is 1.42. The molecule has 0 aliphatic heterocycles. The predicted octanol–water partition coefficient (Wildman–Crippen LogP) is 1.91. The Kier molecular flexibility index (Phi) is 13.3. The Morgan fingerprint density at radius 3 is 2.00 bits per heavy atom. The van der Waals surface area contributed by atoms with Crippen LogP contribution in [-0.4, -0.2) is 0 Å². The first kappa shape index (κ1) is 9.06. The molecule has 1 nitrogen and oxygen atoms in total. The van der Waals surface area contributed by atoms with Gasteiger partial charge in [0, 0.05) is 0 Å². The standard InChI is InChI=1S/C5H8.H3N/c1-3-5-4-2;/h3-5H,1H2,2H3;1H3. The van der Waals surface area contributed by atoms with Gasteiger partial charge in [-0.2, -0.15) is 0 Å². The molecule has 0 saturated heterocycles. The van der Waals surface area contributed by atoms with E-state index in [4.69, 9.17) is 0 Å². The van der Waals surface area contributed by atoms with E-state index in [1.165, 1.54) is 0 Å². The maximum absolute atomic E-state index is 3.46. The summed E-state index contributed by atoms with van der Waals surface area (Å²) >= 11 is 0. The number of rotatable bonds is 1. The van der Waals surface area contributed by atoms with Gasteiger partial charge >= 0.3 is 0 Å². The summed E-state index contributed by atoms with van der Waals surface area (Å²) in [6, 6.07) is 0. The summed E-state index contributed by atoms with van der Waals surface area (Å²) in [7, 11) is 0. The van der Waals surface area contributed by atoms with Gasteiger partial charge in [0.2, 0.25) is 0 Å². The average molecular weight is 85.2 g/mol. The molecule has 0 aliphatic carbocycles. The predicted molar refractivity (Wildman–Crippen MR) is 30.0 cm³/mol. The maximum Gasteiger partial charge on any atom is -0.0467 e. The van der Waals surface area contributed by atoms with E-state index in [9.17, 15) is 0 Å². The van der Waals surface area contributed by atoms with Crippen molar-refractivity contribution in [1.29, 1.82) is 0 Å². The molecule has 0 bridgehead atoms. The Morgan fingerprint density at radius 2 is 2.00 bits per heavy atom. The highest BCUT2D eigenvalue weighted by atomic mass is 14.0. The second-order valence-corrected chi connectivity index (χ2v) is 0.761. The molecule has 0 aromatic rings. The molecule has 0 amide bonds. The van der Waals surface area contributed by atoms with E-state index >= 15 is 0 Å². The van der Waals surface area contributed by atoms with Crippen molar-refractivity contribution in [2.45, 2.75) is 6.92 Å². The topological polar surface area (TPSA) is 35.0 Å². The van der Waals surface area contributed by atoms with Crippen molar-refractivity contribution >= 4 is 0 Å². The van der Waals surface area contributed by atoms with Crippen LogP contribution in [0, 0.1) is 0 Å². The Bertz CT molecular complexity index is 45.9. The zero-order chi connectivity index (χ0) is 4.12. The molecule has 36 valence electrons. The smallest absolute Gasteiger partial charge is 0.0467 e. The van der Waals surface area contributed by atoms with E-state index in [-0.39, 0.29) is 6.15 Å². The van der Waals surface area contributed by atoms with Crippen LogP contribution in [0.1, 0.15) is 6.92 Å². The molecule has 0 spiro atoms. The molecule has 0 atom stereocenters. The first-order valence-corrected chi connectivity index (χ1v) is 1.65. The zero-order valence-electron chi connectivity index (χ0n) is 4.15. The summed E-state index contributed by atoms with van der Waals surface area (Å²) in [5.74, 6) is 0. The lowest BCUT2D eigenvalue weighted by Gasteiger charge is -1.56. The van der Waals surface area contributed by atoms with Crippen LogP contribution in [0.2, 0.25) is 0 Å². The summed E-state index contributed by atoms with van der Waals surface area (Å²) < 4.78 is 0. The van der Waals surface area contributed by atoms with Crippen molar-refractivity contribution in [3.63, 3.8) is 0 Å². The van der Waals surface area contributed by atoms with Gasteiger partial charge in [-0.1, -0.05) is 24.8 Å². The van der Waals surface area contributed by atoms with Crippen LogP contribution >= 0.6 is 0 Å². The molecule has 0 aromatic carbocycles. The molecule has 0 heterocycles. The van der Waals surface area contributed by atoms with Crippen molar-refractivity contribution in [2.75, 3.05) is 0 Å². The first-order chi connectivity index (χ1) is 2.41. The van der Waals surface area contributed by atoms with Gasteiger partial charge in [0.05, 0.1) is 0 Å². The summed E-state index contributed by atoms with van der Waals surface area (Å²) in [4.78, 5) is 0. The fourth-order valence-corrected chi connectivity index (χ4v) is 0.136. The summed E-state index contributed by atoms with van der Waals surface area (Å²) in [5.41, 5.74) is 0. The largest absolute Gasteiger partial charge is 0.344 e. The summed E-state index contributed by atoms with van der Waals surface area (Å²) in [6.07, 6.45) is 5.58. The fourth-order valence-electron chi connectivity index (χ4n) is 0.136. The van der Waals surface area contributed by atoms with Gasteiger partial charge in [-0.3, -0.25) is 0 Å². The number of hydrogen-bond donors (Lipinski definition) is 1. The SMILES string of the molecule is C=CC=CC.N. The van der Waals surface area contributed by atoms with E-state index < -0.39 is 0 Å². The minimum Gasteiger partial charge on any atom is -0.344 e. The van der Waals surface area contributed by atoms with Gasteiger partial charge in [0.25, 0.3) is 0 Å². The molecule has 0 radical (unpaired) electrons. The molecule has 0 aromatic heterocycles. The van der Waals surface area contributed by atoms with Crippen LogP contribution < -0.4 is 6.15 Å². The Hall–Kier alpha value is -0.560. The van der Waals surface area contributed by atoms with Crippen molar-refractivity contribution < 1.29 is 0 Å². The third-order valence-electron chi connectivity index (χ3n) is 0.329. The molecular formula is C5H11N. The Morgan fingerprint density at radius 1 is 1.50 bits per heavy atom. The van der Waals surface area contributed by atoms with E-state index in [0.29, 0.717) is 0 Å². The van der Waals surface area contributed by atoms with Crippen LogP contribution in [-0.2, 0) is 0 Å². The third-order valence-corrected chi connectivity index (χ3v) is 0.329. The summed E-state index contributed by atoms with van der Waals surface area (Å²) in [5, 5.41) is 0. The lowest BCUT2D eigenvalue weighted by Crippen LogP contribution is -1.33. The highest BCUT2D eigenvalue weighted by Crippen LogP contribution is 1.64. The number of allylic oxidation sites excluding steroid dienone is 3. The highest BCUT2D eigenvalue weighted by molar-refractivity contribution is 4.94. The number of hydrogen-bond acceptors (Lipinski definition) is 1. The van der Waals surface area contributed by atoms with Crippen molar-refractivity contribution in [1.82, 2.24) is 6.15 Å². The third kappa shape index (κ3) is 9.88. The fraction of sp³-hybridized carbons (Fsp3) is 0.200. The van der Waals surface area contributed by atoms with E-state index in [2.05, 4.69) is 6.58 Å². The molecular weight excluding hydrogens is 74.1 g/mol. The normalized spacial score (nSPS) is 7.50. The zero-order valence-corrected chi connectivity index (χ0v) is 4.15. The van der Waals surface area contributed by atoms with Gasteiger partial charge in [0.1, 0.15) is 0 Å². The Labute approximate surface area is 39.0 Å². The molecule has 6 heavy (non-hydrogen) atoms. The molecule has 0 fully saturated rings. The van der Waals surface area contributed by atoms with Crippen molar-refractivity contribution in [2.24, 2.45) is 0 Å². The van der Waals surface area contributed by atoms with E-state index in [1.54, 1.807) is 6.08 Å².